The Bertz CT molecular complexity index is 574. The second kappa shape index (κ2) is 14.1. The van der Waals surface area contributed by atoms with E-state index in [1.54, 1.807) is 6.92 Å². The van der Waals surface area contributed by atoms with Gasteiger partial charge in [0.15, 0.2) is 0 Å². The molecule has 8 heteroatoms. The maximum absolute atomic E-state index is 12.1. The average molecular weight is 433 g/mol. The van der Waals surface area contributed by atoms with E-state index in [0.29, 0.717) is 12.8 Å². The fraction of sp³-hybridized carbons (Fsp3) is 0.857. The Morgan fingerprint density at radius 2 is 1.79 bits per heavy atom. The molecule has 0 saturated heterocycles. The standard InChI is InChI=1S/C21H40N2O5S/c1-5-15-22(3)16-9-7-8-10-17-28-20-13-11-19(12-14-20)23(29(4,25)26)18-21(24)27-6-2/h5,19-20H,1,6-18H2,2-4H3/t19-,20-. The lowest BCUT2D eigenvalue weighted by atomic mass is 9.93. The highest BCUT2D eigenvalue weighted by atomic mass is 32.2. The third-order valence-corrected chi connectivity index (χ3v) is 6.57. The molecule has 0 bridgehead atoms. The minimum absolute atomic E-state index is 0.151. The number of likely N-dealkylation sites (N-methyl/N-ethyl adjacent to an activating group) is 1. The smallest absolute Gasteiger partial charge is 0.321 e. The van der Waals surface area contributed by atoms with Crippen LogP contribution in [0.15, 0.2) is 12.7 Å². The van der Waals surface area contributed by atoms with Crippen LogP contribution in [0.2, 0.25) is 0 Å². The van der Waals surface area contributed by atoms with Crippen LogP contribution in [0.1, 0.15) is 58.3 Å². The van der Waals surface area contributed by atoms with E-state index in [0.717, 1.165) is 45.2 Å². The van der Waals surface area contributed by atoms with Gasteiger partial charge in [-0.25, -0.2) is 8.42 Å². The van der Waals surface area contributed by atoms with Crippen LogP contribution in [-0.2, 0) is 24.3 Å². The first-order valence-corrected chi connectivity index (χ1v) is 12.7. The van der Waals surface area contributed by atoms with E-state index in [1.807, 2.05) is 6.08 Å². The summed E-state index contributed by atoms with van der Waals surface area (Å²) in [5.74, 6) is -0.494. The van der Waals surface area contributed by atoms with Crippen LogP contribution in [-0.4, -0.2) is 81.9 Å². The van der Waals surface area contributed by atoms with Gasteiger partial charge in [0.05, 0.1) is 19.0 Å². The molecular formula is C21H40N2O5S. The molecule has 0 atom stereocenters. The lowest BCUT2D eigenvalue weighted by Gasteiger charge is -2.34. The molecule has 0 unspecified atom stereocenters. The highest BCUT2D eigenvalue weighted by molar-refractivity contribution is 7.88. The summed E-state index contributed by atoms with van der Waals surface area (Å²) in [5, 5.41) is 0. The highest BCUT2D eigenvalue weighted by Crippen LogP contribution is 2.27. The van der Waals surface area contributed by atoms with Gasteiger partial charge >= 0.3 is 5.97 Å². The average Bonchev–Trinajstić information content (AvgIpc) is 2.65. The minimum atomic E-state index is -3.45. The molecular weight excluding hydrogens is 392 g/mol. The first-order chi connectivity index (χ1) is 13.8. The molecule has 0 aromatic heterocycles. The van der Waals surface area contributed by atoms with Crippen LogP contribution in [0.4, 0.5) is 0 Å². The number of carbonyl (C=O) groups is 1. The summed E-state index contributed by atoms with van der Waals surface area (Å²) in [6.07, 6.45) is 11.0. The Labute approximate surface area is 177 Å². The van der Waals surface area contributed by atoms with Crippen molar-refractivity contribution in [1.82, 2.24) is 9.21 Å². The molecule has 0 aromatic carbocycles. The van der Waals surface area contributed by atoms with Crippen molar-refractivity contribution in [2.45, 2.75) is 70.4 Å². The van der Waals surface area contributed by atoms with E-state index < -0.39 is 16.0 Å². The van der Waals surface area contributed by atoms with Gasteiger partial charge in [0.25, 0.3) is 0 Å². The van der Waals surface area contributed by atoms with E-state index in [-0.39, 0.29) is 25.3 Å². The third-order valence-electron chi connectivity index (χ3n) is 5.30. The summed E-state index contributed by atoms with van der Waals surface area (Å²) < 4.78 is 36.4. The largest absolute Gasteiger partial charge is 0.465 e. The molecule has 0 radical (unpaired) electrons. The Kier molecular flexibility index (Phi) is 12.7. The predicted octanol–water partition coefficient (Wildman–Crippen LogP) is 2.82. The van der Waals surface area contributed by atoms with Gasteiger partial charge in [-0.05, 0) is 59.0 Å². The SMILES string of the molecule is C=CCN(C)CCCCCCO[C@H]1CC[C@H](N(CC(=O)OCC)S(C)(=O)=O)CC1. The summed E-state index contributed by atoms with van der Waals surface area (Å²) in [5.41, 5.74) is 0. The molecule has 0 spiro atoms. The van der Waals surface area contributed by atoms with Crippen LogP contribution < -0.4 is 0 Å². The van der Waals surface area contributed by atoms with Crippen molar-refractivity contribution in [3.63, 3.8) is 0 Å². The number of unbranched alkanes of at least 4 members (excludes halogenated alkanes) is 3. The lowest BCUT2D eigenvalue weighted by Crippen LogP contribution is -2.45. The van der Waals surface area contributed by atoms with E-state index >= 15 is 0 Å². The number of sulfonamides is 1. The number of esters is 1. The summed E-state index contributed by atoms with van der Waals surface area (Å²) in [6.45, 7) is 8.30. The van der Waals surface area contributed by atoms with Crippen molar-refractivity contribution in [3.05, 3.63) is 12.7 Å². The fourth-order valence-corrected chi connectivity index (χ4v) is 4.84. The second-order valence-electron chi connectivity index (χ2n) is 7.88. The highest BCUT2D eigenvalue weighted by Gasteiger charge is 2.32. The van der Waals surface area contributed by atoms with Crippen LogP contribution in [0.25, 0.3) is 0 Å². The van der Waals surface area contributed by atoms with Crippen LogP contribution in [0, 0.1) is 0 Å². The zero-order valence-corrected chi connectivity index (χ0v) is 19.3. The summed E-state index contributed by atoms with van der Waals surface area (Å²) in [6, 6.07) is -0.151. The van der Waals surface area contributed by atoms with Gasteiger partial charge in [-0.15, -0.1) is 6.58 Å². The van der Waals surface area contributed by atoms with Gasteiger partial charge in [0.2, 0.25) is 10.0 Å². The molecule has 0 aliphatic heterocycles. The van der Waals surface area contributed by atoms with Crippen molar-refractivity contribution in [2.75, 3.05) is 46.2 Å². The van der Waals surface area contributed by atoms with Gasteiger partial charge in [0, 0.05) is 19.2 Å². The van der Waals surface area contributed by atoms with Crippen molar-refractivity contribution in [3.8, 4) is 0 Å². The molecule has 1 aliphatic rings. The van der Waals surface area contributed by atoms with Crippen LogP contribution in [0.3, 0.4) is 0 Å². The van der Waals surface area contributed by atoms with Crippen LogP contribution in [0.5, 0.6) is 0 Å². The van der Waals surface area contributed by atoms with Crippen molar-refractivity contribution < 1.29 is 22.7 Å². The Morgan fingerprint density at radius 1 is 1.14 bits per heavy atom. The maximum Gasteiger partial charge on any atom is 0.321 e. The Hall–Kier alpha value is -0.960. The number of nitrogens with zero attached hydrogens (tertiary/aromatic N) is 2. The number of hydrogen-bond acceptors (Lipinski definition) is 6. The van der Waals surface area contributed by atoms with E-state index in [4.69, 9.17) is 9.47 Å². The summed E-state index contributed by atoms with van der Waals surface area (Å²) >= 11 is 0. The predicted molar refractivity (Wildman–Crippen MR) is 116 cm³/mol. The number of hydrogen-bond donors (Lipinski definition) is 0. The Balaban J connectivity index is 2.24. The van der Waals surface area contributed by atoms with Gasteiger partial charge in [-0.3, -0.25) is 4.79 Å². The molecule has 1 rings (SSSR count). The van der Waals surface area contributed by atoms with Gasteiger partial charge < -0.3 is 14.4 Å². The van der Waals surface area contributed by atoms with E-state index in [2.05, 4.69) is 18.5 Å². The fourth-order valence-electron chi connectivity index (χ4n) is 3.75. The molecule has 0 amide bonds. The molecule has 0 N–H and O–H groups in total. The normalized spacial score (nSPS) is 20.2. The van der Waals surface area contributed by atoms with Crippen molar-refractivity contribution in [1.29, 1.82) is 0 Å². The molecule has 170 valence electrons. The number of ether oxygens (including phenoxy) is 2. The monoisotopic (exact) mass is 432 g/mol. The topological polar surface area (TPSA) is 76.2 Å². The van der Waals surface area contributed by atoms with Crippen molar-refractivity contribution in [2.24, 2.45) is 0 Å². The minimum Gasteiger partial charge on any atom is -0.465 e. The zero-order valence-electron chi connectivity index (χ0n) is 18.5. The lowest BCUT2D eigenvalue weighted by molar-refractivity contribution is -0.143. The zero-order chi connectivity index (χ0) is 21.7. The number of rotatable bonds is 15. The summed E-state index contributed by atoms with van der Waals surface area (Å²) in [7, 11) is -1.34. The molecule has 7 nitrogen and oxygen atoms in total. The molecule has 29 heavy (non-hydrogen) atoms. The molecule has 1 saturated carbocycles. The maximum atomic E-state index is 12.1. The first kappa shape index (κ1) is 26.1. The van der Waals surface area contributed by atoms with Crippen molar-refractivity contribution >= 4 is 16.0 Å². The molecule has 1 fully saturated rings. The first-order valence-electron chi connectivity index (χ1n) is 10.8. The second-order valence-corrected chi connectivity index (χ2v) is 9.81. The van der Waals surface area contributed by atoms with Gasteiger partial charge in [-0.1, -0.05) is 18.9 Å². The third kappa shape index (κ3) is 11.1. The molecule has 1 aliphatic carbocycles. The van der Waals surface area contributed by atoms with E-state index in [1.165, 1.54) is 23.6 Å². The summed E-state index contributed by atoms with van der Waals surface area (Å²) in [4.78, 5) is 14.0. The van der Waals surface area contributed by atoms with E-state index in [9.17, 15) is 13.2 Å². The quantitative estimate of drug-likeness (QED) is 0.225. The van der Waals surface area contributed by atoms with Gasteiger partial charge in [-0.2, -0.15) is 4.31 Å². The molecule has 0 heterocycles. The van der Waals surface area contributed by atoms with Gasteiger partial charge in [0.1, 0.15) is 6.54 Å². The Morgan fingerprint density at radius 3 is 2.38 bits per heavy atom. The molecule has 0 aromatic rings. The number of carbonyl (C=O) groups excluding carboxylic acids is 1. The van der Waals surface area contributed by atoms with Crippen LogP contribution >= 0.6 is 0 Å².